The van der Waals surface area contributed by atoms with Crippen molar-refractivity contribution in [2.75, 3.05) is 30.5 Å². The van der Waals surface area contributed by atoms with Crippen LogP contribution in [-0.4, -0.2) is 46.7 Å². The first kappa shape index (κ1) is 22.2. The van der Waals surface area contributed by atoms with Gasteiger partial charge in [0.1, 0.15) is 0 Å². The Morgan fingerprint density at radius 2 is 1.45 bits per heavy atom. The second-order valence-corrected chi connectivity index (χ2v) is 7.96. The first-order valence-corrected chi connectivity index (χ1v) is 10.2. The van der Waals surface area contributed by atoms with E-state index in [2.05, 4.69) is 19.5 Å². The molecule has 154 valence electrons. The molecule has 0 aromatic heterocycles. The summed E-state index contributed by atoms with van der Waals surface area (Å²) in [5.74, 6) is -2.01. The molecule has 0 atom stereocenters. The zero-order valence-corrected chi connectivity index (χ0v) is 17.2. The molecule has 0 bridgehead atoms. The van der Waals surface area contributed by atoms with Gasteiger partial charge >= 0.3 is 11.9 Å². The molecule has 2 aromatic carbocycles. The van der Waals surface area contributed by atoms with Crippen molar-refractivity contribution in [1.82, 2.24) is 0 Å². The highest BCUT2D eigenvalue weighted by atomic mass is 35.5. The van der Waals surface area contributed by atoms with E-state index >= 15 is 0 Å². The van der Waals surface area contributed by atoms with E-state index in [0.29, 0.717) is 0 Å². The third-order valence-corrected chi connectivity index (χ3v) is 4.46. The number of benzene rings is 2. The van der Waals surface area contributed by atoms with Crippen LogP contribution in [0.4, 0.5) is 11.4 Å². The van der Waals surface area contributed by atoms with E-state index in [1.165, 1.54) is 50.6 Å². The Balaban J connectivity index is 2.33. The Hall–Kier alpha value is -3.11. The number of halogens is 1. The molecule has 0 fully saturated rings. The topological polar surface area (TPSA) is 128 Å². The van der Waals surface area contributed by atoms with E-state index in [-0.39, 0.29) is 33.1 Å². The molecule has 2 N–H and O–H groups in total. The Kier molecular flexibility index (Phi) is 6.83. The average Bonchev–Trinajstić information content (AvgIpc) is 2.66. The number of ether oxygens (including phenoxy) is 2. The van der Waals surface area contributed by atoms with Gasteiger partial charge in [0.25, 0.3) is 5.91 Å². The Bertz CT molecular complexity index is 1050. The van der Waals surface area contributed by atoms with E-state index in [4.69, 9.17) is 11.6 Å². The van der Waals surface area contributed by atoms with Gasteiger partial charge in [-0.2, -0.15) is 0 Å². The van der Waals surface area contributed by atoms with Crippen LogP contribution in [0.15, 0.2) is 36.4 Å². The molecule has 0 radical (unpaired) electrons. The van der Waals surface area contributed by atoms with Crippen molar-refractivity contribution in [1.29, 1.82) is 0 Å². The van der Waals surface area contributed by atoms with E-state index < -0.39 is 27.9 Å². The maximum atomic E-state index is 12.5. The van der Waals surface area contributed by atoms with Crippen molar-refractivity contribution in [3.8, 4) is 0 Å². The zero-order valence-electron chi connectivity index (χ0n) is 15.6. The van der Waals surface area contributed by atoms with Gasteiger partial charge in [0, 0.05) is 11.3 Å². The molecule has 0 aliphatic heterocycles. The lowest BCUT2D eigenvalue weighted by Gasteiger charge is -2.11. The van der Waals surface area contributed by atoms with Crippen LogP contribution in [-0.2, 0) is 19.5 Å². The summed E-state index contributed by atoms with van der Waals surface area (Å²) >= 11 is 6.02. The van der Waals surface area contributed by atoms with Gasteiger partial charge in [-0.1, -0.05) is 11.6 Å². The largest absolute Gasteiger partial charge is 0.465 e. The molecular weight excluding hydrogens is 424 g/mol. The first-order valence-electron chi connectivity index (χ1n) is 7.94. The molecular formula is C18H17ClN2O7S. The SMILES string of the molecule is COC(=O)c1cc(NC(=O)c2ccc(NS(C)(=O)=O)c(Cl)c2)cc(C(=O)OC)c1. The summed E-state index contributed by atoms with van der Waals surface area (Å²) < 4.78 is 34.1. The summed E-state index contributed by atoms with van der Waals surface area (Å²) in [5.41, 5.74) is 0.462. The summed E-state index contributed by atoms with van der Waals surface area (Å²) in [4.78, 5) is 36.2. The predicted octanol–water partition coefficient (Wildman–Crippen LogP) is 2.54. The predicted molar refractivity (Wildman–Crippen MR) is 107 cm³/mol. The van der Waals surface area contributed by atoms with Crippen molar-refractivity contribution in [2.45, 2.75) is 0 Å². The number of rotatable bonds is 6. The van der Waals surface area contributed by atoms with Gasteiger partial charge in [-0.3, -0.25) is 9.52 Å². The third-order valence-electron chi connectivity index (χ3n) is 3.56. The second-order valence-electron chi connectivity index (χ2n) is 5.81. The number of sulfonamides is 1. The molecule has 11 heteroatoms. The van der Waals surface area contributed by atoms with Gasteiger partial charge in [0.2, 0.25) is 10.0 Å². The smallest absolute Gasteiger partial charge is 0.337 e. The fourth-order valence-corrected chi connectivity index (χ4v) is 3.17. The van der Waals surface area contributed by atoms with E-state index in [1.807, 2.05) is 0 Å². The van der Waals surface area contributed by atoms with Crippen LogP contribution < -0.4 is 10.0 Å². The average molecular weight is 441 g/mol. The Labute approximate surface area is 172 Å². The molecule has 1 amide bonds. The Morgan fingerprint density at radius 1 is 0.897 bits per heavy atom. The molecule has 0 saturated heterocycles. The number of nitrogens with one attached hydrogen (secondary N) is 2. The quantitative estimate of drug-likeness (QED) is 0.660. The van der Waals surface area contributed by atoms with Gasteiger partial charge in [-0.25, -0.2) is 18.0 Å². The van der Waals surface area contributed by atoms with Crippen LogP contribution >= 0.6 is 11.6 Å². The van der Waals surface area contributed by atoms with E-state index in [1.54, 1.807) is 0 Å². The molecule has 0 aliphatic carbocycles. The minimum atomic E-state index is -3.53. The van der Waals surface area contributed by atoms with Gasteiger partial charge in [0.15, 0.2) is 0 Å². The number of esters is 2. The number of carbonyl (C=O) groups excluding carboxylic acids is 3. The number of carbonyl (C=O) groups is 3. The van der Waals surface area contributed by atoms with Crippen LogP contribution in [0.3, 0.4) is 0 Å². The zero-order chi connectivity index (χ0) is 21.8. The van der Waals surface area contributed by atoms with Crippen LogP contribution in [0, 0.1) is 0 Å². The molecule has 0 heterocycles. The van der Waals surface area contributed by atoms with E-state index in [9.17, 15) is 22.8 Å². The minimum absolute atomic E-state index is 0.0154. The van der Waals surface area contributed by atoms with Crippen molar-refractivity contribution in [3.05, 3.63) is 58.1 Å². The molecule has 29 heavy (non-hydrogen) atoms. The summed E-state index contributed by atoms with van der Waals surface area (Å²) in [6.45, 7) is 0. The highest BCUT2D eigenvalue weighted by molar-refractivity contribution is 7.92. The van der Waals surface area contributed by atoms with Crippen LogP contribution in [0.25, 0.3) is 0 Å². The van der Waals surface area contributed by atoms with Crippen molar-refractivity contribution >= 4 is 50.8 Å². The molecule has 0 unspecified atom stereocenters. The maximum absolute atomic E-state index is 12.5. The molecule has 2 rings (SSSR count). The molecule has 0 spiro atoms. The van der Waals surface area contributed by atoms with Crippen molar-refractivity contribution in [3.63, 3.8) is 0 Å². The molecule has 2 aromatic rings. The first-order chi connectivity index (χ1) is 13.5. The lowest BCUT2D eigenvalue weighted by Crippen LogP contribution is -2.15. The van der Waals surface area contributed by atoms with Crippen LogP contribution in [0.5, 0.6) is 0 Å². The van der Waals surface area contributed by atoms with Crippen molar-refractivity contribution < 1.29 is 32.3 Å². The Morgan fingerprint density at radius 3 is 1.90 bits per heavy atom. The monoisotopic (exact) mass is 440 g/mol. The maximum Gasteiger partial charge on any atom is 0.337 e. The van der Waals surface area contributed by atoms with Gasteiger partial charge < -0.3 is 14.8 Å². The number of methoxy groups -OCH3 is 2. The number of hydrogen-bond acceptors (Lipinski definition) is 7. The van der Waals surface area contributed by atoms with Crippen LogP contribution in [0.2, 0.25) is 5.02 Å². The highest BCUT2D eigenvalue weighted by Crippen LogP contribution is 2.25. The highest BCUT2D eigenvalue weighted by Gasteiger charge is 2.16. The van der Waals surface area contributed by atoms with E-state index in [0.717, 1.165) is 6.26 Å². The summed E-state index contributed by atoms with van der Waals surface area (Å²) in [5, 5.41) is 2.56. The lowest BCUT2D eigenvalue weighted by molar-refractivity contribution is 0.0599. The summed E-state index contributed by atoms with van der Waals surface area (Å²) in [6, 6.07) is 7.91. The standard InChI is InChI=1S/C18H17ClN2O7S/c1-27-17(23)11-6-12(18(24)28-2)8-13(7-11)20-16(22)10-4-5-15(14(19)9-10)21-29(3,25)26/h4-9,21H,1-3H3,(H,20,22). The van der Waals surface area contributed by atoms with Gasteiger partial charge in [-0.05, 0) is 36.4 Å². The van der Waals surface area contributed by atoms with Gasteiger partial charge in [0.05, 0.1) is 42.3 Å². The summed E-state index contributed by atoms with van der Waals surface area (Å²) in [6.07, 6.45) is 0.969. The fraction of sp³-hybridized carbons (Fsp3) is 0.167. The lowest BCUT2D eigenvalue weighted by atomic mass is 10.1. The minimum Gasteiger partial charge on any atom is -0.465 e. The summed E-state index contributed by atoms with van der Waals surface area (Å²) in [7, 11) is -1.17. The number of amides is 1. The third kappa shape index (κ3) is 5.93. The molecule has 9 nitrogen and oxygen atoms in total. The van der Waals surface area contributed by atoms with Crippen molar-refractivity contribution in [2.24, 2.45) is 0 Å². The second kappa shape index (κ2) is 8.93. The van der Waals surface area contributed by atoms with Crippen LogP contribution in [0.1, 0.15) is 31.1 Å². The normalized spacial score (nSPS) is 10.8. The number of hydrogen-bond donors (Lipinski definition) is 2. The molecule has 0 saturated carbocycles. The fourth-order valence-electron chi connectivity index (χ4n) is 2.31. The molecule has 0 aliphatic rings. The van der Waals surface area contributed by atoms with Gasteiger partial charge in [-0.15, -0.1) is 0 Å². The number of anilines is 2.